The van der Waals surface area contributed by atoms with Crippen LogP contribution in [0.5, 0.6) is 0 Å². The summed E-state index contributed by atoms with van der Waals surface area (Å²) in [6.45, 7) is 1.73. The minimum absolute atomic E-state index is 0.0663. The molecule has 1 aliphatic rings. The van der Waals surface area contributed by atoms with Gasteiger partial charge in [-0.05, 0) is 12.0 Å². The molecule has 7 nitrogen and oxygen atoms in total. The predicted molar refractivity (Wildman–Crippen MR) is 106 cm³/mol. The maximum atomic E-state index is 12.7. The summed E-state index contributed by atoms with van der Waals surface area (Å²) in [7, 11) is -1.87. The highest BCUT2D eigenvalue weighted by atomic mass is 32.2. The molecule has 0 bridgehead atoms. The van der Waals surface area contributed by atoms with E-state index in [1.54, 1.807) is 23.7 Å². The number of thioether (sulfide) groups is 1. The van der Waals surface area contributed by atoms with Crippen LogP contribution in [0.4, 0.5) is 0 Å². The molecule has 0 saturated carbocycles. The van der Waals surface area contributed by atoms with E-state index in [0.29, 0.717) is 38.4 Å². The molecule has 2 aromatic rings. The van der Waals surface area contributed by atoms with E-state index >= 15 is 0 Å². The minimum Gasteiger partial charge on any atom is -0.341 e. The zero-order valence-corrected chi connectivity index (χ0v) is 17.0. The molecule has 0 radical (unpaired) electrons. The number of nitrogens with zero attached hydrogens (tertiary/aromatic N) is 4. The highest BCUT2D eigenvalue weighted by molar-refractivity contribution is 7.99. The average molecular weight is 409 g/mol. The van der Waals surface area contributed by atoms with Crippen molar-refractivity contribution in [1.29, 1.82) is 0 Å². The molecule has 27 heavy (non-hydrogen) atoms. The van der Waals surface area contributed by atoms with Gasteiger partial charge in [-0.1, -0.05) is 30.3 Å². The molecule has 1 fully saturated rings. The Bertz CT molecular complexity index is 868. The molecule has 1 aliphatic heterocycles. The van der Waals surface area contributed by atoms with Crippen molar-refractivity contribution < 1.29 is 13.2 Å². The summed E-state index contributed by atoms with van der Waals surface area (Å²) in [6.07, 6.45) is 3.50. The fourth-order valence-electron chi connectivity index (χ4n) is 2.99. The third kappa shape index (κ3) is 5.12. The second-order valence-electron chi connectivity index (χ2n) is 6.47. The Morgan fingerprint density at radius 1 is 1.15 bits per heavy atom. The number of aromatic nitrogens is 2. The molecule has 3 rings (SSSR count). The maximum absolute atomic E-state index is 12.7. The third-order valence-corrected chi connectivity index (χ3v) is 7.30. The van der Waals surface area contributed by atoms with Gasteiger partial charge in [0.15, 0.2) is 0 Å². The SMILES string of the molecule is Cn1cc(S(=O)(=O)N2CCCN(C(=O)CSCc3ccccc3)CC2)cn1. The zero-order valence-electron chi connectivity index (χ0n) is 15.3. The highest BCUT2D eigenvalue weighted by Crippen LogP contribution is 2.18. The van der Waals surface area contributed by atoms with Crippen LogP contribution in [0.1, 0.15) is 12.0 Å². The second kappa shape index (κ2) is 8.90. The molecule has 0 atom stereocenters. The Hall–Kier alpha value is -1.84. The Morgan fingerprint density at radius 2 is 1.93 bits per heavy atom. The van der Waals surface area contributed by atoms with E-state index in [0.717, 1.165) is 5.75 Å². The quantitative estimate of drug-likeness (QED) is 0.725. The lowest BCUT2D eigenvalue weighted by Gasteiger charge is -2.21. The van der Waals surface area contributed by atoms with E-state index in [1.165, 1.54) is 26.9 Å². The summed E-state index contributed by atoms with van der Waals surface area (Å²) in [5, 5.41) is 3.95. The first-order chi connectivity index (χ1) is 13.0. The van der Waals surface area contributed by atoms with E-state index in [-0.39, 0.29) is 10.8 Å². The average Bonchev–Trinajstić information content (AvgIpc) is 2.95. The van der Waals surface area contributed by atoms with Crippen molar-refractivity contribution in [3.8, 4) is 0 Å². The summed E-state index contributed by atoms with van der Waals surface area (Å²) in [5.41, 5.74) is 1.19. The highest BCUT2D eigenvalue weighted by Gasteiger charge is 2.29. The van der Waals surface area contributed by atoms with Crippen molar-refractivity contribution in [1.82, 2.24) is 19.0 Å². The Morgan fingerprint density at radius 3 is 2.63 bits per heavy atom. The van der Waals surface area contributed by atoms with Crippen LogP contribution in [-0.2, 0) is 27.6 Å². The van der Waals surface area contributed by atoms with Crippen molar-refractivity contribution in [2.24, 2.45) is 7.05 Å². The van der Waals surface area contributed by atoms with Crippen LogP contribution in [-0.4, -0.2) is 65.2 Å². The van der Waals surface area contributed by atoms with E-state index in [1.807, 2.05) is 30.3 Å². The smallest absolute Gasteiger partial charge is 0.246 e. The van der Waals surface area contributed by atoms with Gasteiger partial charge in [-0.15, -0.1) is 11.8 Å². The molecule has 1 saturated heterocycles. The molecular formula is C18H24N4O3S2. The van der Waals surface area contributed by atoms with Gasteiger partial charge in [0.1, 0.15) is 4.90 Å². The number of rotatable bonds is 6. The van der Waals surface area contributed by atoms with Crippen LogP contribution in [0.15, 0.2) is 47.6 Å². The summed E-state index contributed by atoms with van der Waals surface area (Å²) in [4.78, 5) is 14.5. The van der Waals surface area contributed by atoms with Crippen molar-refractivity contribution in [3.63, 3.8) is 0 Å². The largest absolute Gasteiger partial charge is 0.341 e. The number of carbonyl (C=O) groups excluding carboxylic acids is 1. The van der Waals surface area contributed by atoms with E-state index in [4.69, 9.17) is 0 Å². The maximum Gasteiger partial charge on any atom is 0.246 e. The fourth-order valence-corrected chi connectivity index (χ4v) is 5.33. The molecule has 1 amide bonds. The Kier molecular flexibility index (Phi) is 6.56. The number of amides is 1. The van der Waals surface area contributed by atoms with Gasteiger partial charge >= 0.3 is 0 Å². The number of carbonyl (C=O) groups is 1. The molecule has 0 spiro atoms. The van der Waals surface area contributed by atoms with Crippen LogP contribution in [0.25, 0.3) is 0 Å². The Labute approximate surface area is 164 Å². The second-order valence-corrected chi connectivity index (χ2v) is 9.39. The first-order valence-electron chi connectivity index (χ1n) is 8.85. The normalized spacial score (nSPS) is 16.3. The molecular weight excluding hydrogens is 384 g/mol. The van der Waals surface area contributed by atoms with Gasteiger partial charge in [0.2, 0.25) is 15.9 Å². The van der Waals surface area contributed by atoms with Crippen LogP contribution in [0.2, 0.25) is 0 Å². The molecule has 1 aromatic heterocycles. The minimum atomic E-state index is -3.56. The standard InChI is InChI=1S/C18H24N4O3S2/c1-20-13-17(12-19-20)27(24,25)22-9-5-8-21(10-11-22)18(23)15-26-14-16-6-3-2-4-7-16/h2-4,6-7,12-13H,5,8-11,14-15H2,1H3. The van der Waals surface area contributed by atoms with E-state index in [2.05, 4.69) is 5.10 Å². The number of hydrogen-bond donors (Lipinski definition) is 0. The van der Waals surface area contributed by atoms with Gasteiger partial charge in [0.25, 0.3) is 0 Å². The van der Waals surface area contributed by atoms with Crippen molar-refractivity contribution in [3.05, 3.63) is 48.3 Å². The summed E-state index contributed by atoms with van der Waals surface area (Å²) >= 11 is 1.59. The van der Waals surface area contributed by atoms with Crippen molar-refractivity contribution >= 4 is 27.7 Å². The molecule has 146 valence electrons. The Balaban J connectivity index is 1.52. The summed E-state index contributed by atoms with van der Waals surface area (Å²) < 4.78 is 28.4. The molecule has 1 aromatic carbocycles. The molecule has 9 heteroatoms. The predicted octanol–water partition coefficient (Wildman–Crippen LogP) is 1.58. The van der Waals surface area contributed by atoms with Gasteiger partial charge in [-0.2, -0.15) is 9.40 Å². The van der Waals surface area contributed by atoms with Crippen LogP contribution in [0.3, 0.4) is 0 Å². The zero-order chi connectivity index (χ0) is 19.3. The van der Waals surface area contributed by atoms with Gasteiger partial charge in [-0.25, -0.2) is 8.42 Å². The van der Waals surface area contributed by atoms with Crippen LogP contribution >= 0.6 is 11.8 Å². The van der Waals surface area contributed by atoms with Crippen molar-refractivity contribution in [2.75, 3.05) is 31.9 Å². The van der Waals surface area contributed by atoms with E-state index < -0.39 is 10.0 Å². The number of hydrogen-bond acceptors (Lipinski definition) is 5. The topological polar surface area (TPSA) is 75.5 Å². The number of aryl methyl sites for hydroxylation is 1. The first kappa shape index (κ1) is 19.9. The van der Waals surface area contributed by atoms with Gasteiger partial charge in [-0.3, -0.25) is 9.48 Å². The third-order valence-electron chi connectivity index (χ3n) is 4.46. The number of sulfonamides is 1. The van der Waals surface area contributed by atoms with E-state index in [9.17, 15) is 13.2 Å². The van der Waals surface area contributed by atoms with Gasteiger partial charge < -0.3 is 4.90 Å². The lowest BCUT2D eigenvalue weighted by molar-refractivity contribution is -0.128. The molecule has 0 aliphatic carbocycles. The van der Waals surface area contributed by atoms with Gasteiger partial charge in [0, 0.05) is 45.2 Å². The van der Waals surface area contributed by atoms with Gasteiger partial charge in [0.05, 0.1) is 11.9 Å². The first-order valence-corrected chi connectivity index (χ1v) is 11.4. The van der Waals surface area contributed by atoms with Crippen LogP contribution < -0.4 is 0 Å². The van der Waals surface area contributed by atoms with Crippen molar-refractivity contribution in [2.45, 2.75) is 17.1 Å². The molecule has 2 heterocycles. The van der Waals surface area contributed by atoms with Crippen LogP contribution in [0, 0.1) is 0 Å². The lowest BCUT2D eigenvalue weighted by atomic mass is 10.2. The monoisotopic (exact) mass is 408 g/mol. The molecule has 0 N–H and O–H groups in total. The lowest BCUT2D eigenvalue weighted by Crippen LogP contribution is -2.38. The summed E-state index contributed by atoms with van der Waals surface area (Å²) in [6, 6.07) is 10.0. The summed E-state index contributed by atoms with van der Waals surface area (Å²) in [5.74, 6) is 1.27. The fraction of sp³-hybridized carbons (Fsp3) is 0.444. The number of benzene rings is 1. The molecule has 0 unspecified atom stereocenters.